The number of Topliss-reactive ketones (excluding diaryl/α,β-unsaturated/α-hetero) is 1. The molecule has 0 aromatic rings. The third-order valence-corrected chi connectivity index (χ3v) is 3.53. The van der Waals surface area contributed by atoms with Gasteiger partial charge in [-0.15, -0.1) is 0 Å². The maximum Gasteiger partial charge on any atom is 0.166 e. The van der Waals surface area contributed by atoms with Crippen LogP contribution < -0.4 is 5.32 Å². The number of carbonyl (C=O) groups excluding carboxylic acids is 1. The van der Waals surface area contributed by atoms with Crippen LogP contribution in [-0.2, 0) is 4.79 Å². The van der Waals surface area contributed by atoms with Crippen molar-refractivity contribution in [2.75, 3.05) is 6.54 Å². The number of nitrogens with one attached hydrogen (secondary N) is 1. The Morgan fingerprint density at radius 1 is 1.69 bits per heavy atom. The number of hydrogen-bond acceptors (Lipinski definition) is 3. The number of allylic oxidation sites excluding steroid dienone is 1. The Balaban J connectivity index is 2.76. The van der Waals surface area contributed by atoms with E-state index in [1.807, 2.05) is 6.92 Å². The van der Waals surface area contributed by atoms with Crippen molar-refractivity contribution in [2.24, 2.45) is 5.92 Å². The molecular weight excluding hydrogens is 202 g/mol. The Labute approximate surface area is 97.9 Å². The topological polar surface area (TPSA) is 49.3 Å². The minimum atomic E-state index is -1.22. The average Bonchev–Trinajstić information content (AvgIpc) is 2.19. The van der Waals surface area contributed by atoms with Crippen molar-refractivity contribution in [2.45, 2.75) is 51.7 Å². The van der Waals surface area contributed by atoms with Crippen molar-refractivity contribution in [1.82, 2.24) is 5.32 Å². The van der Waals surface area contributed by atoms with Crippen molar-refractivity contribution < 1.29 is 9.90 Å². The fourth-order valence-corrected chi connectivity index (χ4v) is 2.20. The van der Waals surface area contributed by atoms with Gasteiger partial charge in [0.05, 0.1) is 0 Å². The molecule has 3 heteroatoms. The molecule has 1 aliphatic rings. The zero-order valence-corrected chi connectivity index (χ0v) is 10.5. The van der Waals surface area contributed by atoms with Crippen LogP contribution in [0.5, 0.6) is 0 Å². The Hall–Kier alpha value is -0.670. The second kappa shape index (κ2) is 5.11. The summed E-state index contributed by atoms with van der Waals surface area (Å²) in [4.78, 5) is 11.9. The maximum absolute atomic E-state index is 11.9. The van der Waals surface area contributed by atoms with Gasteiger partial charge in [0.1, 0.15) is 5.60 Å². The van der Waals surface area contributed by atoms with Crippen molar-refractivity contribution >= 4 is 5.78 Å². The van der Waals surface area contributed by atoms with E-state index in [2.05, 4.69) is 18.8 Å². The molecule has 0 radical (unpaired) electrons. The highest BCUT2D eigenvalue weighted by Crippen LogP contribution is 2.32. The van der Waals surface area contributed by atoms with Crippen LogP contribution in [0.1, 0.15) is 40.0 Å². The maximum atomic E-state index is 11.9. The largest absolute Gasteiger partial charge is 0.381 e. The van der Waals surface area contributed by atoms with Crippen molar-refractivity contribution in [3.8, 4) is 0 Å². The smallest absolute Gasteiger partial charge is 0.166 e. The number of hydrogen-bond donors (Lipinski definition) is 2. The van der Waals surface area contributed by atoms with Crippen molar-refractivity contribution in [3.63, 3.8) is 0 Å². The minimum absolute atomic E-state index is 0.0691. The molecule has 0 saturated heterocycles. The summed E-state index contributed by atoms with van der Waals surface area (Å²) in [5, 5.41) is 13.5. The van der Waals surface area contributed by atoms with Crippen LogP contribution in [0.25, 0.3) is 0 Å². The fraction of sp³-hybridized carbons (Fsp3) is 0.769. The fourth-order valence-electron chi connectivity index (χ4n) is 2.20. The van der Waals surface area contributed by atoms with Crippen LogP contribution >= 0.6 is 0 Å². The second-order valence-corrected chi connectivity index (χ2v) is 5.06. The first-order valence-corrected chi connectivity index (χ1v) is 6.04. The summed E-state index contributed by atoms with van der Waals surface area (Å²) >= 11 is 0. The molecular formula is C13H23NO2. The Bertz CT molecular complexity index is 284. The van der Waals surface area contributed by atoms with E-state index in [9.17, 15) is 9.90 Å². The van der Waals surface area contributed by atoms with E-state index >= 15 is 0 Å². The predicted molar refractivity (Wildman–Crippen MR) is 65.3 cm³/mol. The van der Waals surface area contributed by atoms with Gasteiger partial charge in [0.15, 0.2) is 5.78 Å². The number of aliphatic hydroxyl groups is 1. The highest BCUT2D eigenvalue weighted by atomic mass is 16.3. The summed E-state index contributed by atoms with van der Waals surface area (Å²) < 4.78 is 0. The summed E-state index contributed by atoms with van der Waals surface area (Å²) in [5.74, 6) is 0.141. The minimum Gasteiger partial charge on any atom is -0.381 e. The highest BCUT2D eigenvalue weighted by molar-refractivity contribution is 5.88. The molecule has 0 bridgehead atoms. The third-order valence-electron chi connectivity index (χ3n) is 3.53. The third kappa shape index (κ3) is 2.71. The lowest BCUT2D eigenvalue weighted by atomic mass is 9.73. The van der Waals surface area contributed by atoms with Crippen molar-refractivity contribution in [3.05, 3.63) is 12.2 Å². The molecule has 2 N–H and O–H groups in total. The van der Waals surface area contributed by atoms with Gasteiger partial charge < -0.3 is 10.4 Å². The monoisotopic (exact) mass is 225 g/mol. The van der Waals surface area contributed by atoms with Crippen LogP contribution in [0.4, 0.5) is 0 Å². The highest BCUT2D eigenvalue weighted by Gasteiger charge is 2.44. The molecule has 0 aliphatic heterocycles. The Morgan fingerprint density at radius 3 is 2.81 bits per heavy atom. The lowest BCUT2D eigenvalue weighted by molar-refractivity contribution is -0.143. The van der Waals surface area contributed by atoms with Gasteiger partial charge in [0.25, 0.3) is 0 Å². The van der Waals surface area contributed by atoms with Crippen LogP contribution in [-0.4, -0.2) is 29.1 Å². The first-order valence-electron chi connectivity index (χ1n) is 6.04. The van der Waals surface area contributed by atoms with E-state index in [1.54, 1.807) is 6.92 Å². The second-order valence-electron chi connectivity index (χ2n) is 5.06. The number of carbonyl (C=O) groups is 1. The van der Waals surface area contributed by atoms with E-state index in [1.165, 1.54) is 0 Å². The molecule has 0 amide bonds. The first kappa shape index (κ1) is 13.4. The first-order chi connectivity index (χ1) is 7.39. The van der Waals surface area contributed by atoms with E-state index in [0.29, 0.717) is 6.42 Å². The normalized spacial score (nSPS) is 35.1. The van der Waals surface area contributed by atoms with Gasteiger partial charge in [-0.3, -0.25) is 4.79 Å². The molecule has 1 rings (SSSR count). The quantitative estimate of drug-likeness (QED) is 0.715. The van der Waals surface area contributed by atoms with E-state index < -0.39 is 5.60 Å². The van der Waals surface area contributed by atoms with Gasteiger partial charge in [0.2, 0.25) is 0 Å². The molecule has 3 unspecified atom stereocenters. The molecule has 0 spiro atoms. The van der Waals surface area contributed by atoms with Gasteiger partial charge >= 0.3 is 0 Å². The van der Waals surface area contributed by atoms with E-state index in [0.717, 1.165) is 25.0 Å². The Morgan fingerprint density at radius 2 is 2.31 bits per heavy atom. The van der Waals surface area contributed by atoms with Crippen LogP contribution in [0.3, 0.4) is 0 Å². The van der Waals surface area contributed by atoms with Gasteiger partial charge in [-0.05, 0) is 39.2 Å². The SMILES string of the molecule is C=C(C)C1CC(=O)C(C)(O)C(NCCC)C1. The molecule has 0 aromatic heterocycles. The van der Waals surface area contributed by atoms with E-state index in [-0.39, 0.29) is 17.7 Å². The number of ketones is 1. The van der Waals surface area contributed by atoms with E-state index in [4.69, 9.17) is 0 Å². The van der Waals surface area contributed by atoms with Gasteiger partial charge in [0, 0.05) is 12.5 Å². The molecule has 1 fully saturated rings. The van der Waals surface area contributed by atoms with Gasteiger partial charge in [-0.1, -0.05) is 19.1 Å². The lowest BCUT2D eigenvalue weighted by Gasteiger charge is -2.40. The summed E-state index contributed by atoms with van der Waals surface area (Å²) in [6.07, 6.45) is 2.22. The molecule has 0 heterocycles. The molecule has 3 nitrogen and oxygen atoms in total. The lowest BCUT2D eigenvalue weighted by Crippen LogP contribution is -2.58. The number of rotatable bonds is 4. The van der Waals surface area contributed by atoms with Crippen LogP contribution in [0.2, 0.25) is 0 Å². The molecule has 16 heavy (non-hydrogen) atoms. The molecule has 1 saturated carbocycles. The molecule has 0 aromatic carbocycles. The standard InChI is InChI=1S/C13H23NO2/c1-5-6-14-11-7-10(9(2)3)8-12(15)13(11,4)16/h10-11,14,16H,2,5-8H2,1,3-4H3. The summed E-state index contributed by atoms with van der Waals surface area (Å²) in [6.45, 7) is 10.4. The van der Waals surface area contributed by atoms with Gasteiger partial charge in [-0.25, -0.2) is 0 Å². The van der Waals surface area contributed by atoms with Crippen molar-refractivity contribution in [1.29, 1.82) is 0 Å². The molecule has 1 aliphatic carbocycles. The van der Waals surface area contributed by atoms with Gasteiger partial charge in [-0.2, -0.15) is 0 Å². The predicted octanol–water partition coefficient (Wildman–Crippen LogP) is 1.66. The summed E-state index contributed by atoms with van der Waals surface area (Å²) in [5.41, 5.74) is -0.187. The molecule has 92 valence electrons. The zero-order valence-electron chi connectivity index (χ0n) is 10.5. The summed E-state index contributed by atoms with van der Waals surface area (Å²) in [7, 11) is 0. The molecule has 3 atom stereocenters. The Kier molecular flexibility index (Phi) is 4.28. The van der Waals surface area contributed by atoms with Crippen LogP contribution in [0, 0.1) is 5.92 Å². The summed E-state index contributed by atoms with van der Waals surface area (Å²) in [6, 6.07) is -0.143. The van der Waals surface area contributed by atoms with Crippen LogP contribution in [0.15, 0.2) is 12.2 Å². The average molecular weight is 225 g/mol. The zero-order chi connectivity index (χ0) is 12.3.